The molecule has 0 fully saturated rings. The first-order valence-corrected chi connectivity index (χ1v) is 11.5. The van der Waals surface area contributed by atoms with Crippen molar-refractivity contribution in [3.63, 3.8) is 0 Å². The van der Waals surface area contributed by atoms with Gasteiger partial charge < -0.3 is 14.9 Å². The highest BCUT2D eigenvalue weighted by molar-refractivity contribution is 7.22. The molecule has 12 heteroatoms. The third kappa shape index (κ3) is 6.84. The number of rotatable bonds is 10. The third-order valence-corrected chi connectivity index (χ3v) is 6.22. The van der Waals surface area contributed by atoms with Gasteiger partial charge in [0, 0.05) is 19.9 Å². The molecule has 0 aliphatic heterocycles. The number of carbonyl (C=O) groups is 2. The SMILES string of the molecule is CC(=O)N(NCc1cccc(F)c1Cl)[C@H](COC(=O)Nc1nc2ccccc2s1)C[C@@H](O)CO. The van der Waals surface area contributed by atoms with Crippen LogP contribution in [0.15, 0.2) is 42.5 Å². The minimum atomic E-state index is -1.16. The fraction of sp³-hybridized carbons (Fsp3) is 0.318. The Kier molecular flexibility index (Phi) is 9.13. The highest BCUT2D eigenvalue weighted by atomic mass is 35.5. The van der Waals surface area contributed by atoms with Crippen molar-refractivity contribution in [3.8, 4) is 0 Å². The number of nitrogens with zero attached hydrogens (tertiary/aromatic N) is 2. The highest BCUT2D eigenvalue weighted by Gasteiger charge is 2.26. The van der Waals surface area contributed by atoms with Gasteiger partial charge in [0.1, 0.15) is 12.4 Å². The number of aromatic nitrogens is 1. The number of carbonyl (C=O) groups excluding carboxylic acids is 2. The molecular weight excluding hydrogens is 487 g/mol. The van der Waals surface area contributed by atoms with Gasteiger partial charge in [-0.3, -0.25) is 15.1 Å². The van der Waals surface area contributed by atoms with Gasteiger partial charge in [-0.05, 0) is 23.8 Å². The quantitative estimate of drug-likeness (QED) is 0.308. The highest BCUT2D eigenvalue weighted by Crippen LogP contribution is 2.25. The second-order valence-electron chi connectivity index (χ2n) is 7.37. The number of amides is 2. The summed E-state index contributed by atoms with van der Waals surface area (Å²) < 4.78 is 19.9. The molecule has 0 radical (unpaired) electrons. The molecule has 0 bridgehead atoms. The van der Waals surface area contributed by atoms with E-state index in [1.165, 1.54) is 30.4 Å². The van der Waals surface area contributed by atoms with Gasteiger partial charge in [-0.25, -0.2) is 19.6 Å². The molecule has 34 heavy (non-hydrogen) atoms. The third-order valence-electron chi connectivity index (χ3n) is 4.84. The van der Waals surface area contributed by atoms with Gasteiger partial charge in [0.2, 0.25) is 5.91 Å². The number of benzene rings is 2. The van der Waals surface area contributed by atoms with E-state index < -0.39 is 36.6 Å². The summed E-state index contributed by atoms with van der Waals surface area (Å²) in [6.45, 7) is 0.437. The largest absolute Gasteiger partial charge is 0.447 e. The van der Waals surface area contributed by atoms with E-state index in [4.69, 9.17) is 16.3 Å². The molecule has 0 saturated heterocycles. The summed E-state index contributed by atoms with van der Waals surface area (Å²) in [5.41, 5.74) is 3.98. The molecule has 9 nitrogen and oxygen atoms in total. The number of hydrazine groups is 1. The summed E-state index contributed by atoms with van der Waals surface area (Å²) in [4.78, 5) is 28.9. The van der Waals surface area contributed by atoms with Gasteiger partial charge in [0.05, 0.1) is 34.0 Å². The predicted molar refractivity (Wildman–Crippen MR) is 127 cm³/mol. The Hall–Kier alpha value is -2.83. The molecule has 4 N–H and O–H groups in total. The van der Waals surface area contributed by atoms with E-state index in [1.54, 1.807) is 6.07 Å². The second kappa shape index (κ2) is 12.0. The lowest BCUT2D eigenvalue weighted by Crippen LogP contribution is -2.52. The number of hydrogen-bond acceptors (Lipinski definition) is 8. The molecule has 2 amide bonds. The van der Waals surface area contributed by atoms with Crippen molar-refractivity contribution in [2.75, 3.05) is 18.5 Å². The molecule has 0 saturated carbocycles. The minimum Gasteiger partial charge on any atom is -0.447 e. The number of aliphatic hydroxyl groups excluding tert-OH is 2. The Bertz CT molecular complexity index is 1110. The molecule has 0 spiro atoms. The molecule has 0 unspecified atom stereocenters. The molecule has 1 heterocycles. The number of fused-ring (bicyclic) bond motifs is 1. The van der Waals surface area contributed by atoms with E-state index >= 15 is 0 Å². The summed E-state index contributed by atoms with van der Waals surface area (Å²) in [5.74, 6) is -1.05. The zero-order valence-electron chi connectivity index (χ0n) is 18.2. The fourth-order valence-corrected chi connectivity index (χ4v) is 4.25. The number of nitrogens with one attached hydrogen (secondary N) is 2. The van der Waals surface area contributed by atoms with Crippen LogP contribution in [0.5, 0.6) is 0 Å². The first-order valence-electron chi connectivity index (χ1n) is 10.3. The van der Waals surface area contributed by atoms with Crippen LogP contribution in [0, 0.1) is 5.82 Å². The fourth-order valence-electron chi connectivity index (χ4n) is 3.21. The normalized spacial score (nSPS) is 12.9. The van der Waals surface area contributed by atoms with Crippen LogP contribution in [0.1, 0.15) is 18.9 Å². The van der Waals surface area contributed by atoms with Crippen molar-refractivity contribution in [2.24, 2.45) is 0 Å². The molecule has 0 aliphatic carbocycles. The molecule has 3 aromatic rings. The lowest BCUT2D eigenvalue weighted by Gasteiger charge is -2.32. The van der Waals surface area contributed by atoms with Crippen LogP contribution < -0.4 is 10.7 Å². The van der Waals surface area contributed by atoms with Gasteiger partial charge in [-0.2, -0.15) is 0 Å². The van der Waals surface area contributed by atoms with E-state index in [-0.39, 0.29) is 24.6 Å². The van der Waals surface area contributed by atoms with E-state index in [1.807, 2.05) is 24.3 Å². The summed E-state index contributed by atoms with van der Waals surface area (Å²) in [6.07, 6.45) is -2.05. The van der Waals surface area contributed by atoms with Gasteiger partial charge in [-0.1, -0.05) is 47.2 Å². The number of para-hydroxylation sites is 1. The van der Waals surface area contributed by atoms with Crippen LogP contribution >= 0.6 is 22.9 Å². The standard InChI is InChI=1S/C22H24ClFN4O5S/c1-13(30)28(25-10-14-5-4-6-17(24)20(14)23)15(9-16(31)11-29)12-33-22(32)27-21-26-18-7-2-3-8-19(18)34-21/h2-8,15-16,25,29,31H,9-12H2,1H3,(H,26,27,32)/t15-,16+/m0/s1. The Balaban J connectivity index is 1.66. The lowest BCUT2D eigenvalue weighted by atomic mass is 10.1. The molecule has 182 valence electrons. The van der Waals surface area contributed by atoms with Gasteiger partial charge in [-0.15, -0.1) is 0 Å². The maximum atomic E-state index is 13.7. The van der Waals surface area contributed by atoms with Crippen molar-refractivity contribution in [1.29, 1.82) is 0 Å². The van der Waals surface area contributed by atoms with Crippen molar-refractivity contribution >= 4 is 50.3 Å². The van der Waals surface area contributed by atoms with E-state index in [0.717, 1.165) is 15.2 Å². The number of thiazole rings is 1. The second-order valence-corrected chi connectivity index (χ2v) is 8.78. The van der Waals surface area contributed by atoms with Crippen LogP contribution in [0.2, 0.25) is 5.02 Å². The molecule has 2 atom stereocenters. The maximum absolute atomic E-state index is 13.7. The predicted octanol–water partition coefficient (Wildman–Crippen LogP) is 3.30. The Morgan fingerprint density at radius 2 is 2.03 bits per heavy atom. The van der Waals surface area contributed by atoms with Crippen LogP contribution in [0.3, 0.4) is 0 Å². The van der Waals surface area contributed by atoms with E-state index in [0.29, 0.717) is 10.7 Å². The Labute approximate surface area is 204 Å². The molecule has 0 aliphatic rings. The van der Waals surface area contributed by atoms with Crippen molar-refractivity contribution in [1.82, 2.24) is 15.4 Å². The molecule has 3 rings (SSSR count). The topological polar surface area (TPSA) is 124 Å². The number of aliphatic hydroxyl groups is 2. The molecular formula is C22H24ClFN4O5S. The van der Waals surface area contributed by atoms with Gasteiger partial charge >= 0.3 is 6.09 Å². The first kappa shape index (κ1) is 25.8. The first-order chi connectivity index (χ1) is 16.3. The van der Waals surface area contributed by atoms with Crippen LogP contribution in [-0.4, -0.2) is 57.6 Å². The average Bonchev–Trinajstić information content (AvgIpc) is 3.21. The molecule has 1 aromatic heterocycles. The van der Waals surface area contributed by atoms with Crippen LogP contribution in [0.4, 0.5) is 14.3 Å². The van der Waals surface area contributed by atoms with Crippen LogP contribution in [-0.2, 0) is 16.1 Å². The average molecular weight is 511 g/mol. The smallest absolute Gasteiger partial charge is 0.413 e. The van der Waals surface area contributed by atoms with Crippen LogP contribution in [0.25, 0.3) is 10.2 Å². The minimum absolute atomic E-state index is 0.000204. The van der Waals surface area contributed by atoms with Gasteiger partial charge in [0.15, 0.2) is 5.13 Å². The zero-order valence-corrected chi connectivity index (χ0v) is 19.8. The number of halogens is 2. The number of hydrogen-bond donors (Lipinski definition) is 4. The lowest BCUT2D eigenvalue weighted by molar-refractivity contribution is -0.137. The summed E-state index contributed by atoms with van der Waals surface area (Å²) in [6, 6.07) is 10.8. The monoisotopic (exact) mass is 510 g/mol. The summed E-state index contributed by atoms with van der Waals surface area (Å²) >= 11 is 7.26. The van der Waals surface area contributed by atoms with Crippen molar-refractivity contribution in [2.45, 2.75) is 32.0 Å². The number of ether oxygens (including phenoxy) is 1. The zero-order chi connectivity index (χ0) is 24.7. The van der Waals surface area contributed by atoms with Gasteiger partial charge in [0.25, 0.3) is 0 Å². The van der Waals surface area contributed by atoms with E-state index in [9.17, 15) is 24.2 Å². The Morgan fingerprint density at radius 3 is 2.74 bits per heavy atom. The number of anilines is 1. The summed E-state index contributed by atoms with van der Waals surface area (Å²) in [7, 11) is 0. The molecule has 2 aromatic carbocycles. The summed E-state index contributed by atoms with van der Waals surface area (Å²) in [5, 5.41) is 23.2. The van der Waals surface area contributed by atoms with Crippen molar-refractivity contribution in [3.05, 3.63) is 58.9 Å². The maximum Gasteiger partial charge on any atom is 0.413 e. The van der Waals surface area contributed by atoms with E-state index in [2.05, 4.69) is 15.7 Å². The Morgan fingerprint density at radius 1 is 1.26 bits per heavy atom. The van der Waals surface area contributed by atoms with Crippen molar-refractivity contribution < 1.29 is 28.9 Å².